The Morgan fingerprint density at radius 3 is 2.50 bits per heavy atom. The summed E-state index contributed by atoms with van der Waals surface area (Å²) in [5, 5.41) is 0. The van der Waals surface area contributed by atoms with E-state index in [-0.39, 0.29) is 5.60 Å². The van der Waals surface area contributed by atoms with Crippen LogP contribution in [0, 0.1) is 5.92 Å². The Morgan fingerprint density at radius 1 is 1.31 bits per heavy atom. The molecule has 0 bridgehead atoms. The smallest absolute Gasteiger partial charge is 0.169 e. The fraction of sp³-hybridized carbons (Fsp3) is 0.500. The van der Waals surface area contributed by atoms with Crippen LogP contribution in [0.5, 0.6) is 0 Å². The van der Waals surface area contributed by atoms with Crippen molar-refractivity contribution in [2.75, 3.05) is 7.05 Å². The van der Waals surface area contributed by atoms with E-state index in [2.05, 4.69) is 50.0 Å². The zero-order valence-corrected chi connectivity index (χ0v) is 10.6. The van der Waals surface area contributed by atoms with Gasteiger partial charge >= 0.3 is 0 Å². The minimum Gasteiger partial charge on any atom is -0.477 e. The Hall–Kier alpha value is -1.31. The second-order valence-corrected chi connectivity index (χ2v) is 4.68. The summed E-state index contributed by atoms with van der Waals surface area (Å²) in [5.74, 6) is 0.438. The molecule has 16 heavy (non-hydrogen) atoms. The van der Waals surface area contributed by atoms with E-state index in [1.807, 2.05) is 6.07 Å². The molecule has 0 saturated heterocycles. The molecular formula is C14H21NO. The number of hydrogen-bond acceptors (Lipinski definition) is 2. The summed E-state index contributed by atoms with van der Waals surface area (Å²) in [7, 11) is 1.72. The maximum Gasteiger partial charge on any atom is 0.169 e. The molecule has 1 atom stereocenters. The van der Waals surface area contributed by atoms with Gasteiger partial charge in [-0.15, -0.1) is 0 Å². The summed E-state index contributed by atoms with van der Waals surface area (Å²) >= 11 is 0. The first-order valence-electron chi connectivity index (χ1n) is 5.68. The average Bonchev–Trinajstić information content (AvgIpc) is 2.28. The second-order valence-electron chi connectivity index (χ2n) is 4.68. The van der Waals surface area contributed by atoms with Crippen LogP contribution in [0.25, 0.3) is 0 Å². The highest BCUT2D eigenvalue weighted by Crippen LogP contribution is 2.24. The topological polar surface area (TPSA) is 21.6 Å². The average molecular weight is 219 g/mol. The first-order chi connectivity index (χ1) is 7.56. The number of nitrogens with zero attached hydrogens (tertiary/aromatic N) is 1. The van der Waals surface area contributed by atoms with Crippen molar-refractivity contribution in [3.8, 4) is 0 Å². The Bertz CT molecular complexity index is 330. The number of rotatable bonds is 5. The summed E-state index contributed by atoms with van der Waals surface area (Å²) in [6.07, 6.45) is 2.55. The van der Waals surface area contributed by atoms with Gasteiger partial charge in [-0.3, -0.25) is 4.99 Å². The molecule has 0 N–H and O–H groups in total. The molecule has 0 aliphatic carbocycles. The number of hydrogen-bond donors (Lipinski definition) is 0. The lowest BCUT2D eigenvalue weighted by Gasteiger charge is -2.30. The van der Waals surface area contributed by atoms with E-state index in [1.54, 1.807) is 7.05 Å². The van der Waals surface area contributed by atoms with Gasteiger partial charge in [-0.25, -0.2) is 0 Å². The standard InChI is InChI=1S/C14H21NO/c1-12(14(2,3)16-11-15-4)10-13-8-6-5-7-9-13/h5-9,11-12H,10H2,1-4H3. The van der Waals surface area contributed by atoms with E-state index in [9.17, 15) is 0 Å². The van der Waals surface area contributed by atoms with E-state index >= 15 is 0 Å². The highest BCUT2D eigenvalue weighted by Gasteiger charge is 2.26. The summed E-state index contributed by atoms with van der Waals surface area (Å²) in [4.78, 5) is 3.86. The van der Waals surface area contributed by atoms with Gasteiger partial charge < -0.3 is 4.74 Å². The molecule has 0 amide bonds. The van der Waals surface area contributed by atoms with Crippen molar-refractivity contribution in [2.45, 2.75) is 32.8 Å². The van der Waals surface area contributed by atoms with Crippen molar-refractivity contribution in [1.29, 1.82) is 0 Å². The Balaban J connectivity index is 2.60. The molecule has 0 fully saturated rings. The molecule has 0 heterocycles. The quantitative estimate of drug-likeness (QED) is 0.550. The summed E-state index contributed by atoms with van der Waals surface area (Å²) in [5.41, 5.74) is 1.16. The Kier molecular flexibility index (Phi) is 4.53. The Labute approximate surface area is 98.4 Å². The fourth-order valence-corrected chi connectivity index (χ4v) is 1.52. The highest BCUT2D eigenvalue weighted by molar-refractivity contribution is 5.46. The van der Waals surface area contributed by atoms with E-state index in [4.69, 9.17) is 4.74 Å². The molecule has 0 aliphatic rings. The monoisotopic (exact) mass is 219 g/mol. The summed E-state index contributed by atoms with van der Waals surface area (Å²) in [6.45, 7) is 6.40. The predicted octanol–water partition coefficient (Wildman–Crippen LogP) is 3.32. The van der Waals surface area contributed by atoms with Crippen LogP contribution < -0.4 is 0 Å². The van der Waals surface area contributed by atoms with Gasteiger partial charge in [-0.2, -0.15) is 0 Å². The molecule has 0 saturated carbocycles. The molecule has 88 valence electrons. The van der Waals surface area contributed by atoms with Crippen LogP contribution in [0.1, 0.15) is 26.3 Å². The first kappa shape index (κ1) is 12.8. The molecule has 2 heteroatoms. The number of ether oxygens (including phenoxy) is 1. The molecule has 0 spiro atoms. The third-order valence-corrected chi connectivity index (χ3v) is 3.03. The van der Waals surface area contributed by atoms with Crippen molar-refractivity contribution in [3.05, 3.63) is 35.9 Å². The van der Waals surface area contributed by atoms with Crippen LogP contribution >= 0.6 is 0 Å². The van der Waals surface area contributed by atoms with Gasteiger partial charge in [0.1, 0.15) is 5.60 Å². The van der Waals surface area contributed by atoms with E-state index in [1.165, 1.54) is 12.0 Å². The lowest BCUT2D eigenvalue weighted by atomic mass is 9.87. The Morgan fingerprint density at radius 2 is 1.94 bits per heavy atom. The van der Waals surface area contributed by atoms with Gasteiger partial charge in [-0.05, 0) is 31.7 Å². The van der Waals surface area contributed by atoms with E-state index in [0.717, 1.165) is 6.42 Å². The predicted molar refractivity (Wildman–Crippen MR) is 68.9 cm³/mol. The van der Waals surface area contributed by atoms with Gasteiger partial charge in [-0.1, -0.05) is 37.3 Å². The molecule has 1 rings (SSSR count). The zero-order chi connectivity index (χ0) is 12.0. The van der Waals surface area contributed by atoms with Crippen LogP contribution in [0.4, 0.5) is 0 Å². The fourth-order valence-electron chi connectivity index (χ4n) is 1.52. The molecule has 1 aromatic rings. The minimum atomic E-state index is -0.185. The van der Waals surface area contributed by atoms with Crippen LogP contribution in [0.2, 0.25) is 0 Å². The molecule has 2 nitrogen and oxygen atoms in total. The van der Waals surface area contributed by atoms with Gasteiger partial charge in [0.25, 0.3) is 0 Å². The van der Waals surface area contributed by atoms with Gasteiger partial charge in [0.15, 0.2) is 6.40 Å². The third kappa shape index (κ3) is 3.69. The molecular weight excluding hydrogens is 198 g/mol. The lowest BCUT2D eigenvalue weighted by molar-refractivity contribution is 0.0466. The van der Waals surface area contributed by atoms with Crippen molar-refractivity contribution in [1.82, 2.24) is 0 Å². The van der Waals surface area contributed by atoms with Gasteiger partial charge in [0.2, 0.25) is 0 Å². The van der Waals surface area contributed by atoms with Crippen molar-refractivity contribution in [2.24, 2.45) is 10.9 Å². The first-order valence-corrected chi connectivity index (χ1v) is 5.68. The van der Waals surface area contributed by atoms with Crippen LogP contribution in [0.15, 0.2) is 35.3 Å². The largest absolute Gasteiger partial charge is 0.477 e. The molecule has 1 aromatic carbocycles. The third-order valence-electron chi connectivity index (χ3n) is 3.03. The number of aliphatic imine (C=N–C) groups is 1. The van der Waals surface area contributed by atoms with Crippen molar-refractivity contribution < 1.29 is 4.74 Å². The lowest BCUT2D eigenvalue weighted by Crippen LogP contribution is -2.33. The van der Waals surface area contributed by atoms with E-state index < -0.39 is 0 Å². The van der Waals surface area contributed by atoms with Crippen LogP contribution in [-0.2, 0) is 11.2 Å². The molecule has 1 unspecified atom stereocenters. The van der Waals surface area contributed by atoms with Crippen molar-refractivity contribution >= 4 is 6.40 Å². The molecule has 0 aromatic heterocycles. The molecule has 0 aliphatic heterocycles. The van der Waals surface area contributed by atoms with Crippen LogP contribution in [-0.4, -0.2) is 19.0 Å². The summed E-state index contributed by atoms with van der Waals surface area (Å²) < 4.78 is 5.62. The maximum absolute atomic E-state index is 5.62. The second kappa shape index (κ2) is 5.69. The summed E-state index contributed by atoms with van der Waals surface area (Å²) in [6, 6.07) is 10.5. The normalized spacial score (nSPS) is 14.0. The highest BCUT2D eigenvalue weighted by atomic mass is 16.5. The SMILES string of the molecule is CN=COC(C)(C)C(C)Cc1ccccc1. The van der Waals surface area contributed by atoms with Gasteiger partial charge in [0, 0.05) is 7.05 Å². The zero-order valence-electron chi connectivity index (χ0n) is 10.6. The van der Waals surface area contributed by atoms with Crippen LogP contribution in [0.3, 0.4) is 0 Å². The van der Waals surface area contributed by atoms with E-state index in [0.29, 0.717) is 5.92 Å². The minimum absolute atomic E-state index is 0.185. The molecule has 0 radical (unpaired) electrons. The van der Waals surface area contributed by atoms with Gasteiger partial charge in [0.05, 0.1) is 0 Å². The number of benzene rings is 1. The maximum atomic E-state index is 5.62. The van der Waals surface area contributed by atoms with Crippen molar-refractivity contribution in [3.63, 3.8) is 0 Å².